The van der Waals surface area contributed by atoms with Crippen molar-refractivity contribution < 1.29 is 19.4 Å². The Hall–Kier alpha value is -1.36. The standard InChI is InChI=1S/C12H19NO4/c1-8(9(2)12(15)16)11(14)13-6-5-10-4-3-7-17-10/h10H,3-7H2,1-2H3,(H,13,14)(H,15,16). The van der Waals surface area contributed by atoms with E-state index in [1.165, 1.54) is 13.8 Å². The van der Waals surface area contributed by atoms with Gasteiger partial charge in [-0.3, -0.25) is 4.79 Å². The average molecular weight is 241 g/mol. The van der Waals surface area contributed by atoms with Crippen molar-refractivity contribution in [2.24, 2.45) is 0 Å². The maximum Gasteiger partial charge on any atom is 0.331 e. The summed E-state index contributed by atoms with van der Waals surface area (Å²) in [6, 6.07) is 0. The van der Waals surface area contributed by atoms with Crippen molar-refractivity contribution in [3.05, 3.63) is 11.1 Å². The van der Waals surface area contributed by atoms with E-state index >= 15 is 0 Å². The molecule has 2 N–H and O–H groups in total. The van der Waals surface area contributed by atoms with Gasteiger partial charge in [-0.05, 0) is 33.1 Å². The van der Waals surface area contributed by atoms with Crippen LogP contribution < -0.4 is 5.32 Å². The zero-order chi connectivity index (χ0) is 12.8. The topological polar surface area (TPSA) is 75.6 Å². The molecule has 1 heterocycles. The third-order valence-electron chi connectivity index (χ3n) is 3.00. The molecule has 0 bridgehead atoms. The van der Waals surface area contributed by atoms with Crippen molar-refractivity contribution in [3.63, 3.8) is 0 Å². The summed E-state index contributed by atoms with van der Waals surface area (Å²) >= 11 is 0. The highest BCUT2D eigenvalue weighted by Gasteiger charge is 2.16. The fraction of sp³-hybridized carbons (Fsp3) is 0.667. The first-order valence-electron chi connectivity index (χ1n) is 5.83. The number of carboxylic acids is 1. The van der Waals surface area contributed by atoms with Crippen LogP contribution in [0.5, 0.6) is 0 Å². The molecule has 0 aromatic rings. The summed E-state index contributed by atoms with van der Waals surface area (Å²) in [5.74, 6) is -1.38. The van der Waals surface area contributed by atoms with Crippen LogP contribution in [0.2, 0.25) is 0 Å². The van der Waals surface area contributed by atoms with Gasteiger partial charge in [-0.15, -0.1) is 0 Å². The summed E-state index contributed by atoms with van der Waals surface area (Å²) in [5.41, 5.74) is 0.337. The van der Waals surface area contributed by atoms with E-state index in [0.717, 1.165) is 25.9 Å². The molecule has 0 aromatic heterocycles. The predicted octanol–water partition coefficient (Wildman–Crippen LogP) is 1.09. The molecule has 0 saturated carbocycles. The molecule has 5 nitrogen and oxygen atoms in total. The molecule has 1 atom stereocenters. The highest BCUT2D eigenvalue weighted by Crippen LogP contribution is 2.14. The van der Waals surface area contributed by atoms with Gasteiger partial charge in [0.15, 0.2) is 0 Å². The highest BCUT2D eigenvalue weighted by atomic mass is 16.5. The van der Waals surface area contributed by atoms with Gasteiger partial charge in [0, 0.05) is 24.3 Å². The number of carbonyl (C=O) groups is 2. The molecule has 1 aliphatic heterocycles. The van der Waals surface area contributed by atoms with Crippen molar-refractivity contribution >= 4 is 11.9 Å². The van der Waals surface area contributed by atoms with Gasteiger partial charge in [0.25, 0.3) is 0 Å². The van der Waals surface area contributed by atoms with Crippen molar-refractivity contribution in [2.75, 3.05) is 13.2 Å². The van der Waals surface area contributed by atoms with Gasteiger partial charge in [0.2, 0.25) is 5.91 Å². The Morgan fingerprint density at radius 1 is 1.35 bits per heavy atom. The van der Waals surface area contributed by atoms with E-state index in [1.54, 1.807) is 0 Å². The van der Waals surface area contributed by atoms with Crippen LogP contribution in [0, 0.1) is 0 Å². The largest absolute Gasteiger partial charge is 0.478 e. The van der Waals surface area contributed by atoms with E-state index in [9.17, 15) is 9.59 Å². The molecule has 1 fully saturated rings. The minimum atomic E-state index is -1.06. The number of nitrogens with one attached hydrogen (secondary N) is 1. The molecule has 1 aliphatic rings. The smallest absolute Gasteiger partial charge is 0.331 e. The lowest BCUT2D eigenvalue weighted by Gasteiger charge is -2.10. The average Bonchev–Trinajstić information content (AvgIpc) is 2.79. The number of carbonyl (C=O) groups excluding carboxylic acids is 1. The van der Waals surface area contributed by atoms with Gasteiger partial charge in [-0.2, -0.15) is 0 Å². The zero-order valence-corrected chi connectivity index (χ0v) is 10.3. The van der Waals surface area contributed by atoms with Gasteiger partial charge in [-0.1, -0.05) is 0 Å². The molecule has 0 aromatic carbocycles. The lowest BCUT2D eigenvalue weighted by atomic mass is 10.1. The van der Waals surface area contributed by atoms with Crippen LogP contribution >= 0.6 is 0 Å². The SMILES string of the molecule is CC(C(=O)O)=C(C)C(=O)NCCC1CCCO1. The Kier molecular flexibility index (Phi) is 5.15. The van der Waals surface area contributed by atoms with E-state index in [-0.39, 0.29) is 23.2 Å². The minimum absolute atomic E-state index is 0.0830. The quantitative estimate of drug-likeness (QED) is 0.706. The van der Waals surface area contributed by atoms with Gasteiger partial charge in [0.1, 0.15) is 0 Å². The van der Waals surface area contributed by atoms with E-state index < -0.39 is 5.97 Å². The maximum absolute atomic E-state index is 11.6. The van der Waals surface area contributed by atoms with Crippen LogP contribution in [0.3, 0.4) is 0 Å². The fourth-order valence-corrected chi connectivity index (χ4v) is 1.68. The van der Waals surface area contributed by atoms with E-state index in [0.29, 0.717) is 6.54 Å². The number of hydrogen-bond donors (Lipinski definition) is 2. The Labute approximate surface area is 101 Å². The Bertz CT molecular complexity index is 329. The summed E-state index contributed by atoms with van der Waals surface area (Å²) in [4.78, 5) is 22.3. The Morgan fingerprint density at radius 3 is 2.59 bits per heavy atom. The second-order valence-electron chi connectivity index (χ2n) is 4.23. The molecule has 1 unspecified atom stereocenters. The van der Waals surface area contributed by atoms with Crippen LogP contribution in [-0.2, 0) is 14.3 Å². The number of aliphatic carboxylic acids is 1. The molecule has 5 heteroatoms. The summed E-state index contributed by atoms with van der Waals surface area (Å²) in [7, 11) is 0. The molecular formula is C12H19NO4. The van der Waals surface area contributed by atoms with Crippen LogP contribution in [-0.4, -0.2) is 36.2 Å². The first-order valence-corrected chi connectivity index (χ1v) is 5.83. The van der Waals surface area contributed by atoms with Crippen LogP contribution in [0.1, 0.15) is 33.1 Å². The predicted molar refractivity (Wildman–Crippen MR) is 62.6 cm³/mol. The van der Waals surface area contributed by atoms with Crippen molar-refractivity contribution in [2.45, 2.75) is 39.2 Å². The number of carboxylic acid groups (broad SMARTS) is 1. The summed E-state index contributed by atoms with van der Waals surface area (Å²) in [6.45, 7) is 4.27. The fourth-order valence-electron chi connectivity index (χ4n) is 1.68. The molecule has 0 aliphatic carbocycles. The van der Waals surface area contributed by atoms with Crippen LogP contribution in [0.25, 0.3) is 0 Å². The zero-order valence-electron chi connectivity index (χ0n) is 10.3. The summed E-state index contributed by atoms with van der Waals surface area (Å²) < 4.78 is 5.42. The lowest BCUT2D eigenvalue weighted by molar-refractivity contribution is -0.133. The maximum atomic E-state index is 11.6. The van der Waals surface area contributed by atoms with E-state index in [4.69, 9.17) is 9.84 Å². The third kappa shape index (κ3) is 4.19. The third-order valence-corrected chi connectivity index (χ3v) is 3.00. The van der Waals surface area contributed by atoms with Crippen molar-refractivity contribution in [3.8, 4) is 0 Å². The second kappa shape index (κ2) is 6.39. The van der Waals surface area contributed by atoms with Gasteiger partial charge in [0.05, 0.1) is 6.10 Å². The molecule has 1 rings (SSSR count). The first kappa shape index (κ1) is 13.7. The summed E-state index contributed by atoms with van der Waals surface area (Å²) in [5, 5.41) is 11.4. The second-order valence-corrected chi connectivity index (χ2v) is 4.23. The Balaban J connectivity index is 2.33. The normalized spacial score (nSPS) is 20.9. The highest BCUT2D eigenvalue weighted by molar-refractivity contribution is 6.01. The van der Waals surface area contributed by atoms with Gasteiger partial charge >= 0.3 is 5.97 Å². The lowest BCUT2D eigenvalue weighted by Crippen LogP contribution is -2.28. The van der Waals surface area contributed by atoms with Crippen molar-refractivity contribution in [1.29, 1.82) is 0 Å². The van der Waals surface area contributed by atoms with Gasteiger partial charge < -0.3 is 15.2 Å². The number of rotatable bonds is 5. The molecule has 17 heavy (non-hydrogen) atoms. The van der Waals surface area contributed by atoms with Crippen LogP contribution in [0.15, 0.2) is 11.1 Å². The number of amides is 1. The minimum Gasteiger partial charge on any atom is -0.478 e. The molecule has 0 spiro atoms. The molecule has 96 valence electrons. The molecule has 1 amide bonds. The molecule has 0 radical (unpaired) electrons. The molecular weight excluding hydrogens is 222 g/mol. The number of hydrogen-bond acceptors (Lipinski definition) is 3. The Morgan fingerprint density at radius 2 is 2.06 bits per heavy atom. The van der Waals surface area contributed by atoms with Crippen LogP contribution in [0.4, 0.5) is 0 Å². The first-order chi connectivity index (χ1) is 8.02. The number of ether oxygens (including phenoxy) is 1. The molecule has 1 saturated heterocycles. The van der Waals surface area contributed by atoms with E-state index in [1.807, 2.05) is 0 Å². The van der Waals surface area contributed by atoms with Gasteiger partial charge in [-0.25, -0.2) is 4.79 Å². The van der Waals surface area contributed by atoms with Crippen molar-refractivity contribution in [1.82, 2.24) is 5.32 Å². The van der Waals surface area contributed by atoms with E-state index in [2.05, 4.69) is 5.32 Å². The summed E-state index contributed by atoms with van der Waals surface area (Å²) in [6.07, 6.45) is 3.14. The monoisotopic (exact) mass is 241 g/mol.